The molecule has 2 rings (SSSR count). The molecular weight excluding hydrogens is 240 g/mol. The van der Waals surface area contributed by atoms with Gasteiger partial charge in [0, 0.05) is 0 Å². The zero-order chi connectivity index (χ0) is 13.9. The molecule has 1 aliphatic heterocycles. The minimum absolute atomic E-state index is 0.215. The molecule has 0 radical (unpaired) electrons. The maximum Gasteiger partial charge on any atom is 0.339 e. The van der Waals surface area contributed by atoms with E-state index in [0.717, 1.165) is 12.0 Å². The van der Waals surface area contributed by atoms with Crippen molar-refractivity contribution in [2.24, 2.45) is 0 Å². The van der Waals surface area contributed by atoms with Crippen LogP contribution in [0.2, 0.25) is 0 Å². The molecule has 0 aliphatic carbocycles. The highest BCUT2D eigenvalue weighted by Crippen LogP contribution is 2.46. The quantitative estimate of drug-likeness (QED) is 0.447. The van der Waals surface area contributed by atoms with Crippen molar-refractivity contribution in [3.8, 4) is 0 Å². The highest BCUT2D eigenvalue weighted by Gasteiger charge is 2.59. The van der Waals surface area contributed by atoms with E-state index in [-0.39, 0.29) is 12.6 Å². The lowest BCUT2D eigenvalue weighted by molar-refractivity contribution is -0.143. The van der Waals surface area contributed by atoms with Gasteiger partial charge in [-0.3, -0.25) is 0 Å². The Morgan fingerprint density at radius 2 is 2.05 bits per heavy atom. The molecule has 0 spiro atoms. The smallest absolute Gasteiger partial charge is 0.339 e. The van der Waals surface area contributed by atoms with Crippen molar-refractivity contribution in [2.75, 3.05) is 6.61 Å². The van der Waals surface area contributed by atoms with Crippen LogP contribution in [0.4, 0.5) is 0 Å². The van der Waals surface area contributed by atoms with Gasteiger partial charge in [0.25, 0.3) is 0 Å². The van der Waals surface area contributed by atoms with Crippen LogP contribution >= 0.6 is 0 Å². The Hall–Kier alpha value is -1.87. The number of benzene rings is 1. The van der Waals surface area contributed by atoms with Gasteiger partial charge in [0.2, 0.25) is 0 Å². The largest absolute Gasteiger partial charge is 0.459 e. The van der Waals surface area contributed by atoms with E-state index in [4.69, 9.17) is 9.47 Å². The van der Waals surface area contributed by atoms with Crippen LogP contribution in [-0.2, 0) is 26.3 Å². The molecule has 1 heterocycles. The van der Waals surface area contributed by atoms with Gasteiger partial charge in [0.05, 0.1) is 0 Å². The van der Waals surface area contributed by atoms with E-state index in [2.05, 4.69) is 13.2 Å². The lowest BCUT2D eigenvalue weighted by Gasteiger charge is -2.07. The number of rotatable bonds is 6. The molecule has 100 valence electrons. The van der Waals surface area contributed by atoms with Gasteiger partial charge in [0.1, 0.15) is 12.2 Å². The van der Waals surface area contributed by atoms with Crippen molar-refractivity contribution in [3.63, 3.8) is 0 Å². The van der Waals surface area contributed by atoms with E-state index in [1.54, 1.807) is 6.08 Å². The Morgan fingerprint density at radius 3 is 2.63 bits per heavy atom. The number of hydrogen-bond acceptors (Lipinski definition) is 3. The first-order chi connectivity index (χ1) is 9.11. The molecule has 3 heteroatoms. The van der Waals surface area contributed by atoms with Crippen molar-refractivity contribution in [2.45, 2.75) is 25.0 Å². The molecule has 2 atom stereocenters. The van der Waals surface area contributed by atoms with Gasteiger partial charge in [-0.15, -0.1) is 6.58 Å². The van der Waals surface area contributed by atoms with Crippen molar-refractivity contribution in [1.29, 1.82) is 0 Å². The fourth-order valence-corrected chi connectivity index (χ4v) is 2.06. The maximum atomic E-state index is 11.7. The Kier molecular flexibility index (Phi) is 3.86. The molecule has 1 saturated heterocycles. The summed E-state index contributed by atoms with van der Waals surface area (Å²) in [5.74, 6) is -0.336. The molecule has 0 saturated carbocycles. The predicted molar refractivity (Wildman–Crippen MR) is 73.7 cm³/mol. The van der Waals surface area contributed by atoms with Crippen molar-refractivity contribution >= 4 is 5.97 Å². The highest BCUT2D eigenvalue weighted by molar-refractivity contribution is 5.79. The van der Waals surface area contributed by atoms with Gasteiger partial charge >= 0.3 is 5.97 Å². The summed E-state index contributed by atoms with van der Waals surface area (Å²) >= 11 is 0. The van der Waals surface area contributed by atoms with E-state index in [1.807, 2.05) is 37.3 Å². The molecule has 2 unspecified atom stereocenters. The van der Waals surface area contributed by atoms with Gasteiger partial charge in [-0.05, 0) is 24.5 Å². The number of allylic oxidation sites excluding steroid dienone is 1. The van der Waals surface area contributed by atoms with Crippen LogP contribution in [-0.4, -0.2) is 18.7 Å². The van der Waals surface area contributed by atoms with Crippen LogP contribution in [0.3, 0.4) is 0 Å². The van der Waals surface area contributed by atoms with Crippen LogP contribution < -0.4 is 0 Å². The summed E-state index contributed by atoms with van der Waals surface area (Å²) in [5.41, 5.74) is 1.61. The van der Waals surface area contributed by atoms with Gasteiger partial charge in [-0.25, -0.2) is 4.79 Å². The molecule has 19 heavy (non-hydrogen) atoms. The molecule has 1 aliphatic rings. The molecule has 0 amide bonds. The molecule has 0 bridgehead atoms. The van der Waals surface area contributed by atoms with Crippen molar-refractivity contribution in [1.82, 2.24) is 0 Å². The summed E-state index contributed by atoms with van der Waals surface area (Å²) in [4.78, 5) is 11.7. The second-order valence-corrected chi connectivity index (χ2v) is 4.71. The fraction of sp³-hybridized carbons (Fsp3) is 0.312. The SMILES string of the molecule is C=CCOC(=O)C1OC1(C)c1ccc(CC=C)cc1. The molecule has 1 fully saturated rings. The monoisotopic (exact) mass is 258 g/mol. The first-order valence-electron chi connectivity index (χ1n) is 6.27. The standard InChI is InChI=1S/C16H18O3/c1-4-6-12-7-9-13(10-8-12)16(3)14(19-16)15(17)18-11-5-2/h4-5,7-10,14H,1-2,6,11H2,3H3. The van der Waals surface area contributed by atoms with Gasteiger partial charge in [-0.1, -0.05) is 43.0 Å². The highest BCUT2D eigenvalue weighted by atomic mass is 16.7. The number of carbonyl (C=O) groups excluding carboxylic acids is 1. The number of ether oxygens (including phenoxy) is 2. The molecular formula is C16H18O3. The second kappa shape index (κ2) is 5.41. The Bertz CT molecular complexity index is 489. The van der Waals surface area contributed by atoms with E-state index in [9.17, 15) is 4.79 Å². The van der Waals surface area contributed by atoms with E-state index in [0.29, 0.717) is 0 Å². The zero-order valence-electron chi connectivity index (χ0n) is 11.1. The van der Waals surface area contributed by atoms with Gasteiger partial charge in [-0.2, -0.15) is 0 Å². The average molecular weight is 258 g/mol. The predicted octanol–water partition coefficient (Wildman–Crippen LogP) is 2.76. The number of hydrogen-bond donors (Lipinski definition) is 0. The molecule has 1 aromatic rings. The maximum absolute atomic E-state index is 11.7. The van der Waals surface area contributed by atoms with E-state index < -0.39 is 11.7 Å². The van der Waals surface area contributed by atoms with Gasteiger partial charge in [0.15, 0.2) is 6.10 Å². The molecule has 0 N–H and O–H groups in total. The summed E-state index contributed by atoms with van der Waals surface area (Å²) in [6, 6.07) is 8.02. The first-order valence-corrected chi connectivity index (χ1v) is 6.27. The lowest BCUT2D eigenvalue weighted by Crippen LogP contribution is -2.19. The summed E-state index contributed by atoms with van der Waals surface area (Å²) in [7, 11) is 0. The lowest BCUT2D eigenvalue weighted by atomic mass is 9.96. The molecule has 0 aromatic heterocycles. The van der Waals surface area contributed by atoms with E-state index in [1.165, 1.54) is 5.56 Å². The average Bonchev–Trinajstić information content (AvgIpc) is 3.11. The third-order valence-corrected chi connectivity index (χ3v) is 3.27. The van der Waals surface area contributed by atoms with Crippen LogP contribution in [0, 0.1) is 0 Å². The second-order valence-electron chi connectivity index (χ2n) is 4.71. The van der Waals surface area contributed by atoms with E-state index >= 15 is 0 Å². The number of esters is 1. The third kappa shape index (κ3) is 2.76. The van der Waals surface area contributed by atoms with Crippen LogP contribution in [0.5, 0.6) is 0 Å². The minimum Gasteiger partial charge on any atom is -0.459 e. The Balaban J connectivity index is 2.04. The summed E-state index contributed by atoms with van der Waals surface area (Å²) in [5, 5.41) is 0. The number of carbonyl (C=O) groups is 1. The zero-order valence-corrected chi connectivity index (χ0v) is 11.1. The normalized spacial score (nSPS) is 24.6. The minimum atomic E-state index is -0.565. The van der Waals surface area contributed by atoms with Crippen molar-refractivity contribution < 1.29 is 14.3 Å². The topological polar surface area (TPSA) is 38.8 Å². The summed E-state index contributed by atoms with van der Waals surface area (Å²) in [6.07, 6.45) is 3.72. The summed E-state index contributed by atoms with van der Waals surface area (Å²) < 4.78 is 10.5. The van der Waals surface area contributed by atoms with Crippen molar-refractivity contribution in [3.05, 3.63) is 60.7 Å². The Morgan fingerprint density at radius 1 is 1.37 bits per heavy atom. The van der Waals surface area contributed by atoms with Crippen LogP contribution in [0.1, 0.15) is 18.1 Å². The molecule has 3 nitrogen and oxygen atoms in total. The van der Waals surface area contributed by atoms with Crippen LogP contribution in [0.15, 0.2) is 49.6 Å². The molecule has 1 aromatic carbocycles. The Labute approximate surface area is 113 Å². The summed E-state index contributed by atoms with van der Waals surface area (Å²) in [6.45, 7) is 9.33. The third-order valence-electron chi connectivity index (χ3n) is 3.27. The van der Waals surface area contributed by atoms with Crippen LogP contribution in [0.25, 0.3) is 0 Å². The number of epoxide rings is 1. The van der Waals surface area contributed by atoms with Gasteiger partial charge < -0.3 is 9.47 Å². The first kappa shape index (κ1) is 13.6. The fourth-order valence-electron chi connectivity index (χ4n) is 2.06.